The van der Waals surface area contributed by atoms with Crippen LogP contribution in [-0.4, -0.2) is 45.3 Å². The van der Waals surface area contributed by atoms with Gasteiger partial charge >= 0.3 is 5.97 Å². The normalized spacial score (nSPS) is 13.4. The highest BCUT2D eigenvalue weighted by Gasteiger charge is 2.16. The van der Waals surface area contributed by atoms with E-state index in [-0.39, 0.29) is 35.3 Å². The summed E-state index contributed by atoms with van der Waals surface area (Å²) >= 11 is 0. The molecule has 0 saturated heterocycles. The zero-order valence-electron chi connectivity index (χ0n) is 10.8. The molecule has 10 heteroatoms. The molecule has 0 spiro atoms. The molecule has 0 radical (unpaired) electrons. The van der Waals surface area contributed by atoms with E-state index < -0.39 is 5.97 Å². The molecule has 10 nitrogen and oxygen atoms in total. The summed E-state index contributed by atoms with van der Waals surface area (Å²) in [5.74, 6) is -1.52. The minimum Gasteiger partial charge on any atom is -0.512 e. The Kier molecular flexibility index (Phi) is 5.21. The fourth-order valence-corrected chi connectivity index (χ4v) is 1.11. The van der Waals surface area contributed by atoms with Crippen molar-refractivity contribution < 1.29 is 24.5 Å². The van der Waals surface area contributed by atoms with Crippen molar-refractivity contribution >= 4 is 23.8 Å². The first-order valence-corrected chi connectivity index (χ1v) is 5.42. The predicted octanol–water partition coefficient (Wildman–Crippen LogP) is 0.262. The van der Waals surface area contributed by atoms with E-state index in [0.717, 1.165) is 6.21 Å². The smallest absolute Gasteiger partial charge is 0.343 e. The first kappa shape index (κ1) is 15.1. The van der Waals surface area contributed by atoms with Crippen LogP contribution in [0.1, 0.15) is 19.5 Å². The van der Waals surface area contributed by atoms with Gasteiger partial charge in [-0.05, 0) is 24.2 Å². The first-order valence-electron chi connectivity index (χ1n) is 5.42. The summed E-state index contributed by atoms with van der Waals surface area (Å²) in [7, 11) is 0. The molecule has 0 aliphatic carbocycles. The molecule has 0 aliphatic rings. The first-order chi connectivity index (χ1) is 9.51. The quantitative estimate of drug-likeness (QED) is 0.132. The van der Waals surface area contributed by atoms with E-state index in [9.17, 15) is 9.90 Å². The maximum atomic E-state index is 11.5. The Balaban J connectivity index is 3.05. The highest BCUT2D eigenvalue weighted by molar-refractivity contribution is 6.10. The maximum Gasteiger partial charge on any atom is 0.343 e. The average Bonchev–Trinajstić information content (AvgIpc) is 2.86. The van der Waals surface area contributed by atoms with Crippen molar-refractivity contribution in [2.75, 3.05) is 6.61 Å². The van der Waals surface area contributed by atoms with Gasteiger partial charge < -0.3 is 20.8 Å². The summed E-state index contributed by atoms with van der Waals surface area (Å²) in [6.45, 7) is 3.06. The van der Waals surface area contributed by atoms with Crippen LogP contribution in [-0.2, 0) is 9.53 Å². The molecule has 0 unspecified atom stereocenters. The zero-order chi connectivity index (χ0) is 15.1. The second kappa shape index (κ2) is 6.87. The SMILES string of the molecule is CCOC(=O)/C(C=Nc1nonc1/C(N)=N\O)=C(/C)O. The molecular formula is C10H13N5O5. The number of nitrogens with two attached hydrogens (primary N) is 1. The van der Waals surface area contributed by atoms with Gasteiger partial charge in [0.2, 0.25) is 5.82 Å². The standard InChI is InChI=1S/C10H13N5O5/c1-3-19-10(17)6(5(2)16)4-12-9-7(8(11)13-18)14-20-15-9/h4,16,18H,3H2,1-2H3,(H2,11,13)/b6-5-,12-4?. The van der Waals surface area contributed by atoms with E-state index in [4.69, 9.17) is 15.7 Å². The Labute approximate surface area is 113 Å². The van der Waals surface area contributed by atoms with Crippen molar-refractivity contribution in [2.45, 2.75) is 13.8 Å². The molecule has 4 N–H and O–H groups in total. The lowest BCUT2D eigenvalue weighted by molar-refractivity contribution is -0.138. The molecule has 108 valence electrons. The van der Waals surface area contributed by atoms with Crippen LogP contribution >= 0.6 is 0 Å². The minimum atomic E-state index is -0.752. The van der Waals surface area contributed by atoms with Crippen LogP contribution in [0, 0.1) is 0 Å². The van der Waals surface area contributed by atoms with Crippen LogP contribution in [0.3, 0.4) is 0 Å². The van der Waals surface area contributed by atoms with E-state index in [0.29, 0.717) is 0 Å². The van der Waals surface area contributed by atoms with Crippen LogP contribution in [0.5, 0.6) is 0 Å². The number of aliphatic hydroxyl groups is 1. The van der Waals surface area contributed by atoms with Gasteiger partial charge in [-0.3, -0.25) is 0 Å². The van der Waals surface area contributed by atoms with Gasteiger partial charge in [0.25, 0.3) is 0 Å². The van der Waals surface area contributed by atoms with Gasteiger partial charge in [0.1, 0.15) is 11.3 Å². The number of aromatic nitrogens is 2. The molecule has 1 heterocycles. The highest BCUT2D eigenvalue weighted by atomic mass is 16.6. The summed E-state index contributed by atoms with van der Waals surface area (Å²) in [6, 6.07) is 0. The number of allylic oxidation sites excluding steroid dienone is 1. The van der Waals surface area contributed by atoms with Crippen LogP contribution in [0.2, 0.25) is 0 Å². The Hall–Kier alpha value is -2.91. The third kappa shape index (κ3) is 3.54. The molecule has 0 fully saturated rings. The maximum absolute atomic E-state index is 11.5. The summed E-state index contributed by atoms with van der Waals surface area (Å²) in [6.07, 6.45) is 1.01. The highest BCUT2D eigenvalue weighted by Crippen LogP contribution is 2.13. The number of ether oxygens (including phenoxy) is 1. The topological polar surface area (TPSA) is 156 Å². The molecule has 0 amide bonds. The van der Waals surface area contributed by atoms with Crippen molar-refractivity contribution in [1.29, 1.82) is 0 Å². The summed E-state index contributed by atoms with van der Waals surface area (Å²) in [5.41, 5.74) is 5.05. The number of aliphatic imine (C=N–C) groups is 1. The van der Waals surface area contributed by atoms with Crippen LogP contribution in [0.25, 0.3) is 0 Å². The van der Waals surface area contributed by atoms with Gasteiger partial charge in [0.15, 0.2) is 11.5 Å². The predicted molar refractivity (Wildman–Crippen MR) is 66.9 cm³/mol. The lowest BCUT2D eigenvalue weighted by atomic mass is 10.2. The lowest BCUT2D eigenvalue weighted by Crippen LogP contribution is -2.14. The number of aliphatic hydroxyl groups excluding tert-OH is 1. The molecule has 20 heavy (non-hydrogen) atoms. The molecule has 0 bridgehead atoms. The molecule has 0 aliphatic heterocycles. The van der Waals surface area contributed by atoms with Crippen LogP contribution in [0.4, 0.5) is 5.82 Å². The van der Waals surface area contributed by atoms with E-state index >= 15 is 0 Å². The number of amidine groups is 1. The van der Waals surface area contributed by atoms with E-state index in [1.54, 1.807) is 6.92 Å². The molecule has 0 saturated carbocycles. The Morgan fingerprint density at radius 3 is 2.80 bits per heavy atom. The summed E-state index contributed by atoms with van der Waals surface area (Å²) < 4.78 is 9.13. The van der Waals surface area contributed by atoms with Crippen molar-refractivity contribution in [3.63, 3.8) is 0 Å². The number of oxime groups is 1. The molecular weight excluding hydrogens is 270 g/mol. The number of hydrogen-bond acceptors (Lipinski definition) is 9. The fraction of sp³-hybridized carbons (Fsp3) is 0.300. The fourth-order valence-electron chi connectivity index (χ4n) is 1.11. The number of esters is 1. The third-order valence-electron chi connectivity index (χ3n) is 2.02. The van der Waals surface area contributed by atoms with Gasteiger partial charge in [-0.1, -0.05) is 5.16 Å². The Bertz CT molecular complexity index is 570. The zero-order valence-corrected chi connectivity index (χ0v) is 10.8. The number of hydrogen-bond donors (Lipinski definition) is 3. The summed E-state index contributed by atoms with van der Waals surface area (Å²) in [4.78, 5) is 15.3. The van der Waals surface area contributed by atoms with Crippen molar-refractivity contribution in [1.82, 2.24) is 10.3 Å². The van der Waals surface area contributed by atoms with Crippen LogP contribution in [0.15, 0.2) is 26.1 Å². The average molecular weight is 283 g/mol. The second-order valence-electron chi connectivity index (χ2n) is 3.40. The number of rotatable bonds is 5. The van der Waals surface area contributed by atoms with Gasteiger partial charge in [0.05, 0.1) is 6.61 Å². The van der Waals surface area contributed by atoms with Gasteiger partial charge in [0, 0.05) is 6.21 Å². The van der Waals surface area contributed by atoms with Gasteiger partial charge in [-0.15, -0.1) is 0 Å². The molecule has 1 rings (SSSR count). The number of nitrogens with zero attached hydrogens (tertiary/aromatic N) is 4. The Morgan fingerprint density at radius 1 is 1.55 bits per heavy atom. The third-order valence-corrected chi connectivity index (χ3v) is 2.02. The molecule has 0 aromatic carbocycles. The van der Waals surface area contributed by atoms with Gasteiger partial charge in [-0.25, -0.2) is 14.4 Å². The van der Waals surface area contributed by atoms with E-state index in [1.807, 2.05) is 0 Å². The number of carbonyl (C=O) groups is 1. The lowest BCUT2D eigenvalue weighted by Gasteiger charge is -2.02. The van der Waals surface area contributed by atoms with Crippen molar-refractivity contribution in [3.8, 4) is 0 Å². The second-order valence-corrected chi connectivity index (χ2v) is 3.40. The molecule has 1 aromatic heterocycles. The van der Waals surface area contributed by atoms with Crippen molar-refractivity contribution in [3.05, 3.63) is 17.0 Å². The van der Waals surface area contributed by atoms with Gasteiger partial charge in [-0.2, -0.15) is 0 Å². The monoisotopic (exact) mass is 283 g/mol. The largest absolute Gasteiger partial charge is 0.512 e. The van der Waals surface area contributed by atoms with Crippen molar-refractivity contribution in [2.24, 2.45) is 15.9 Å². The summed E-state index contributed by atoms with van der Waals surface area (Å²) in [5, 5.41) is 27.4. The molecule has 0 atom stereocenters. The Morgan fingerprint density at radius 2 is 2.25 bits per heavy atom. The molecule has 1 aromatic rings. The number of carbonyl (C=O) groups excluding carboxylic acids is 1. The van der Waals surface area contributed by atoms with Crippen LogP contribution < -0.4 is 5.73 Å². The van der Waals surface area contributed by atoms with E-state index in [1.165, 1.54) is 6.92 Å². The minimum absolute atomic E-state index is 0.109. The van der Waals surface area contributed by atoms with E-state index in [2.05, 4.69) is 25.1 Å².